The molecule has 0 spiro atoms. The van der Waals surface area contributed by atoms with Gasteiger partial charge in [0.25, 0.3) is 0 Å². The van der Waals surface area contributed by atoms with Crippen LogP contribution < -0.4 is 5.32 Å². The second kappa shape index (κ2) is 7.65. The van der Waals surface area contributed by atoms with Crippen molar-refractivity contribution in [2.24, 2.45) is 0 Å². The van der Waals surface area contributed by atoms with Gasteiger partial charge in [-0.15, -0.1) is 0 Å². The van der Waals surface area contributed by atoms with E-state index >= 15 is 0 Å². The molecule has 0 aliphatic carbocycles. The van der Waals surface area contributed by atoms with Crippen LogP contribution in [0.1, 0.15) is 18.8 Å². The molecule has 1 unspecified atom stereocenters. The summed E-state index contributed by atoms with van der Waals surface area (Å²) in [5.41, 5.74) is -0.719. The van der Waals surface area contributed by atoms with E-state index in [4.69, 9.17) is 9.15 Å². The number of rotatable bonds is 5. The molecular weight excluding hydrogens is 373 g/mol. The van der Waals surface area contributed by atoms with Crippen molar-refractivity contribution in [3.05, 3.63) is 72.2 Å². The van der Waals surface area contributed by atoms with Crippen LogP contribution in [0.15, 0.2) is 53.7 Å². The lowest BCUT2D eigenvalue weighted by atomic mass is 10.1. The maximum absolute atomic E-state index is 13.8. The number of benzene rings is 1. The molecule has 0 bridgehead atoms. The standard InChI is InChI=1S/C18H14F5NO3.H2/c1-4-6-11(5-2)26-17(25)24-16(18(21,22)23)14-9(3)12-7-10(19)8-13(20)15(12)27-14;/h4-8,16H,1-2H2,3H3,(H,24,25);1H/b11-6+;. The average molecular weight is 389 g/mol. The van der Waals surface area contributed by atoms with Crippen LogP contribution >= 0.6 is 0 Å². The number of nitrogens with one attached hydrogen (secondary N) is 1. The largest absolute Gasteiger partial charge is 0.455 e. The number of allylic oxidation sites excluding steroid dienone is 3. The molecule has 1 heterocycles. The zero-order valence-electron chi connectivity index (χ0n) is 14.0. The van der Waals surface area contributed by atoms with Crippen molar-refractivity contribution in [3.63, 3.8) is 0 Å². The van der Waals surface area contributed by atoms with Crippen LogP contribution in [-0.2, 0) is 4.74 Å². The van der Waals surface area contributed by atoms with Gasteiger partial charge in [0.05, 0.1) is 0 Å². The Morgan fingerprint density at radius 2 is 2.00 bits per heavy atom. The second-order valence-electron chi connectivity index (χ2n) is 5.37. The average Bonchev–Trinajstić information content (AvgIpc) is 2.88. The first-order valence-corrected chi connectivity index (χ1v) is 7.46. The third-order valence-corrected chi connectivity index (χ3v) is 3.54. The summed E-state index contributed by atoms with van der Waals surface area (Å²) in [6.07, 6.45) is -2.90. The fourth-order valence-corrected chi connectivity index (χ4v) is 2.35. The zero-order valence-corrected chi connectivity index (χ0v) is 14.0. The lowest BCUT2D eigenvalue weighted by molar-refractivity contribution is -0.159. The monoisotopic (exact) mass is 389 g/mol. The minimum atomic E-state index is -5.00. The Balaban J connectivity index is 0.00000392. The van der Waals surface area contributed by atoms with Gasteiger partial charge in [-0.1, -0.05) is 19.2 Å². The van der Waals surface area contributed by atoms with Gasteiger partial charge in [-0.25, -0.2) is 13.6 Å². The van der Waals surface area contributed by atoms with E-state index in [1.54, 1.807) is 5.32 Å². The van der Waals surface area contributed by atoms with Crippen LogP contribution in [0.2, 0.25) is 0 Å². The molecule has 1 aromatic heterocycles. The highest BCUT2D eigenvalue weighted by Crippen LogP contribution is 2.39. The van der Waals surface area contributed by atoms with Gasteiger partial charge in [0.1, 0.15) is 17.3 Å². The van der Waals surface area contributed by atoms with Gasteiger partial charge in [0.2, 0.25) is 0 Å². The maximum Gasteiger partial charge on any atom is 0.416 e. The van der Waals surface area contributed by atoms with Gasteiger partial charge >= 0.3 is 12.3 Å². The van der Waals surface area contributed by atoms with E-state index in [0.717, 1.165) is 12.1 Å². The van der Waals surface area contributed by atoms with Gasteiger partial charge in [0, 0.05) is 18.4 Å². The van der Waals surface area contributed by atoms with Crippen LogP contribution in [-0.4, -0.2) is 12.3 Å². The van der Waals surface area contributed by atoms with Crippen LogP contribution in [0.4, 0.5) is 26.7 Å². The Morgan fingerprint density at radius 3 is 2.56 bits per heavy atom. The summed E-state index contributed by atoms with van der Waals surface area (Å²) < 4.78 is 77.3. The van der Waals surface area contributed by atoms with Gasteiger partial charge in [-0.2, -0.15) is 13.2 Å². The summed E-state index contributed by atoms with van der Waals surface area (Å²) in [6, 6.07) is -1.32. The Morgan fingerprint density at radius 1 is 1.33 bits per heavy atom. The van der Waals surface area contributed by atoms with E-state index in [0.29, 0.717) is 6.07 Å². The summed E-state index contributed by atoms with van der Waals surface area (Å²) in [4.78, 5) is 11.8. The lowest BCUT2D eigenvalue weighted by Crippen LogP contribution is -2.38. The van der Waals surface area contributed by atoms with Crippen molar-refractivity contribution < 1.29 is 37.3 Å². The molecule has 4 nitrogen and oxygen atoms in total. The van der Waals surface area contributed by atoms with E-state index in [1.165, 1.54) is 19.1 Å². The first-order chi connectivity index (χ1) is 12.6. The Bertz CT molecular complexity index is 933. The van der Waals surface area contributed by atoms with Crippen molar-refractivity contribution in [2.45, 2.75) is 19.1 Å². The summed E-state index contributed by atoms with van der Waals surface area (Å²) in [5.74, 6) is -3.06. The first-order valence-electron chi connectivity index (χ1n) is 7.46. The topological polar surface area (TPSA) is 51.5 Å². The van der Waals surface area contributed by atoms with Crippen molar-refractivity contribution in [1.29, 1.82) is 0 Å². The van der Waals surface area contributed by atoms with Crippen molar-refractivity contribution in [3.8, 4) is 0 Å². The lowest BCUT2D eigenvalue weighted by Gasteiger charge is -2.20. The number of fused-ring (bicyclic) bond motifs is 1. The number of amides is 1. The van der Waals surface area contributed by atoms with Crippen LogP contribution in [0.25, 0.3) is 11.0 Å². The maximum atomic E-state index is 13.8. The molecule has 2 rings (SSSR count). The van der Waals surface area contributed by atoms with Crippen LogP contribution in [0, 0.1) is 18.6 Å². The molecule has 1 aromatic carbocycles. The van der Waals surface area contributed by atoms with Gasteiger partial charge in [0.15, 0.2) is 17.4 Å². The molecule has 0 saturated heterocycles. The minimum Gasteiger partial charge on any atom is -0.455 e. The van der Waals surface area contributed by atoms with E-state index in [1.807, 2.05) is 0 Å². The Labute approximate surface area is 152 Å². The predicted octanol–water partition coefficient (Wildman–Crippen LogP) is 5.85. The molecule has 1 N–H and O–H groups in total. The number of halogens is 5. The molecule has 1 atom stereocenters. The zero-order chi connectivity index (χ0) is 20.4. The smallest absolute Gasteiger partial charge is 0.416 e. The number of furan rings is 1. The predicted molar refractivity (Wildman–Crippen MR) is 89.9 cm³/mol. The van der Waals surface area contributed by atoms with E-state index in [9.17, 15) is 26.7 Å². The number of alkyl halides is 3. The number of hydrogen-bond acceptors (Lipinski definition) is 3. The van der Waals surface area contributed by atoms with E-state index in [-0.39, 0.29) is 18.1 Å². The molecule has 2 aromatic rings. The molecule has 0 saturated carbocycles. The quantitative estimate of drug-likeness (QED) is 0.396. The highest BCUT2D eigenvalue weighted by atomic mass is 19.4. The molecule has 0 fully saturated rings. The first kappa shape index (κ1) is 20.2. The number of aryl methyl sites for hydroxylation is 1. The molecule has 9 heteroatoms. The molecule has 0 radical (unpaired) electrons. The molecule has 1 amide bonds. The Hall–Kier alpha value is -3.10. The number of hydrogen-bond donors (Lipinski definition) is 1. The van der Waals surface area contributed by atoms with Crippen LogP contribution in [0.3, 0.4) is 0 Å². The normalized spacial score (nSPS) is 13.3. The van der Waals surface area contributed by atoms with Gasteiger partial charge < -0.3 is 14.5 Å². The van der Waals surface area contributed by atoms with E-state index < -0.39 is 41.3 Å². The van der Waals surface area contributed by atoms with Gasteiger partial charge in [-0.05, 0) is 25.1 Å². The molecule has 0 aliphatic rings. The number of alkyl carbamates (subject to hydrolysis) is 1. The Kier molecular flexibility index (Phi) is 5.72. The highest BCUT2D eigenvalue weighted by Gasteiger charge is 2.46. The fourth-order valence-electron chi connectivity index (χ4n) is 2.35. The van der Waals surface area contributed by atoms with Crippen molar-refractivity contribution in [2.75, 3.05) is 0 Å². The third-order valence-electron chi connectivity index (χ3n) is 3.54. The number of ether oxygens (including phenoxy) is 1. The summed E-state index contributed by atoms with van der Waals surface area (Å²) >= 11 is 0. The number of carbonyl (C=O) groups is 1. The molecular formula is C18H16F5NO3. The molecule has 27 heavy (non-hydrogen) atoms. The SMILES string of the molecule is C=C/C=C(\C=C)OC(=O)NC(c1oc2c(F)cc(F)cc2c1C)C(F)(F)F.[HH]. The fraction of sp³-hybridized carbons (Fsp3) is 0.167. The summed E-state index contributed by atoms with van der Waals surface area (Å²) in [5, 5.41) is 1.44. The molecule has 0 aliphatic heterocycles. The minimum absolute atomic E-state index is 0. The van der Waals surface area contributed by atoms with E-state index in [2.05, 4.69) is 13.2 Å². The van der Waals surface area contributed by atoms with Crippen LogP contribution in [0.5, 0.6) is 0 Å². The third kappa shape index (κ3) is 4.36. The second-order valence-corrected chi connectivity index (χ2v) is 5.37. The van der Waals surface area contributed by atoms with Gasteiger partial charge in [-0.3, -0.25) is 0 Å². The van der Waals surface area contributed by atoms with Crippen molar-refractivity contribution in [1.82, 2.24) is 5.32 Å². The van der Waals surface area contributed by atoms with Crippen molar-refractivity contribution >= 4 is 17.1 Å². The summed E-state index contributed by atoms with van der Waals surface area (Å²) in [7, 11) is 0. The number of carbonyl (C=O) groups excluding carboxylic acids is 1. The highest BCUT2D eigenvalue weighted by molar-refractivity contribution is 5.83. The molecule has 146 valence electrons. The summed E-state index contributed by atoms with van der Waals surface area (Å²) in [6.45, 7) is 7.89.